The molecule has 0 aromatic rings. The van der Waals surface area contributed by atoms with E-state index < -0.39 is 14.6 Å². The van der Waals surface area contributed by atoms with E-state index in [0.29, 0.717) is 26.1 Å². The molecule has 0 aromatic carbocycles. The Morgan fingerprint density at radius 1 is 1.21 bits per heavy atom. The van der Waals surface area contributed by atoms with E-state index in [4.69, 9.17) is 5.73 Å². The van der Waals surface area contributed by atoms with Gasteiger partial charge in [-0.25, -0.2) is 8.42 Å². The number of rotatable bonds is 6. The minimum atomic E-state index is -3.07. The molecule has 2 N–H and O–H groups in total. The largest absolute Gasteiger partial charge is 0.340 e. The lowest BCUT2D eigenvalue weighted by molar-refractivity contribution is -0.131. The molecule has 1 aliphatic heterocycles. The van der Waals surface area contributed by atoms with Crippen molar-refractivity contribution in [2.75, 3.05) is 25.4 Å². The van der Waals surface area contributed by atoms with Gasteiger partial charge in [-0.2, -0.15) is 0 Å². The highest BCUT2D eigenvalue weighted by molar-refractivity contribution is 7.92. The first-order chi connectivity index (χ1) is 8.80. The number of carbonyl (C=O) groups excluding carboxylic acids is 1. The van der Waals surface area contributed by atoms with Crippen LogP contribution in [0.3, 0.4) is 0 Å². The molecule has 1 aliphatic rings. The standard InChI is InChI=1S/C13H26N2O3S/c1-13(2)11-15(9-10-19(13,17)18)12(16)7-5-3-4-6-8-14/h3-11,14H2,1-2H3. The molecule has 1 amide bonds. The molecule has 0 unspecified atom stereocenters. The third kappa shape index (κ3) is 4.45. The molecule has 1 heterocycles. The quantitative estimate of drug-likeness (QED) is 0.738. The molecule has 0 aromatic heterocycles. The summed E-state index contributed by atoms with van der Waals surface area (Å²) in [5.74, 6) is 0.162. The Labute approximate surface area is 116 Å². The number of carbonyl (C=O) groups is 1. The molecular weight excluding hydrogens is 264 g/mol. The summed E-state index contributed by atoms with van der Waals surface area (Å²) in [6.07, 6.45) is 4.45. The summed E-state index contributed by atoms with van der Waals surface area (Å²) in [4.78, 5) is 13.7. The molecule has 6 heteroatoms. The van der Waals surface area contributed by atoms with E-state index in [1.54, 1.807) is 18.7 Å². The van der Waals surface area contributed by atoms with Gasteiger partial charge in [0.1, 0.15) is 0 Å². The summed E-state index contributed by atoms with van der Waals surface area (Å²) in [5, 5.41) is 0. The zero-order chi connectivity index (χ0) is 14.5. The van der Waals surface area contributed by atoms with Crippen molar-refractivity contribution in [1.29, 1.82) is 0 Å². The second-order valence-corrected chi connectivity index (χ2v) is 8.59. The van der Waals surface area contributed by atoms with E-state index >= 15 is 0 Å². The second-order valence-electron chi connectivity index (χ2n) is 5.85. The number of amides is 1. The summed E-state index contributed by atoms with van der Waals surface area (Å²) in [6, 6.07) is 0. The van der Waals surface area contributed by atoms with Crippen LogP contribution in [0.1, 0.15) is 46.0 Å². The van der Waals surface area contributed by atoms with Gasteiger partial charge in [0.15, 0.2) is 9.84 Å². The maximum atomic E-state index is 12.0. The van der Waals surface area contributed by atoms with Crippen LogP contribution < -0.4 is 5.73 Å². The van der Waals surface area contributed by atoms with E-state index in [2.05, 4.69) is 0 Å². The molecule has 1 saturated heterocycles. The highest BCUT2D eigenvalue weighted by Gasteiger charge is 2.41. The van der Waals surface area contributed by atoms with Gasteiger partial charge in [-0.15, -0.1) is 0 Å². The Morgan fingerprint density at radius 3 is 2.42 bits per heavy atom. The van der Waals surface area contributed by atoms with Crippen LogP contribution in [0.5, 0.6) is 0 Å². The minimum absolute atomic E-state index is 0.0794. The van der Waals surface area contributed by atoms with Gasteiger partial charge < -0.3 is 10.6 Å². The SMILES string of the molecule is CC1(C)CN(C(=O)CCCCCCN)CCS1(=O)=O. The maximum Gasteiger partial charge on any atom is 0.222 e. The van der Waals surface area contributed by atoms with Crippen LogP contribution in [0.4, 0.5) is 0 Å². The van der Waals surface area contributed by atoms with Gasteiger partial charge in [0.25, 0.3) is 0 Å². The first-order valence-electron chi connectivity index (χ1n) is 7.00. The lowest BCUT2D eigenvalue weighted by Crippen LogP contribution is -2.54. The fraction of sp³-hybridized carbons (Fsp3) is 0.923. The van der Waals surface area contributed by atoms with Crippen LogP contribution in [0.2, 0.25) is 0 Å². The molecule has 5 nitrogen and oxygen atoms in total. The number of nitrogens with two attached hydrogens (primary N) is 1. The molecule has 1 rings (SSSR count). The first kappa shape index (κ1) is 16.4. The van der Waals surface area contributed by atoms with Crippen molar-refractivity contribution < 1.29 is 13.2 Å². The molecule has 0 aliphatic carbocycles. The molecule has 1 fully saturated rings. The van der Waals surface area contributed by atoms with Crippen molar-refractivity contribution >= 4 is 15.7 Å². The van der Waals surface area contributed by atoms with Crippen molar-refractivity contribution in [3.63, 3.8) is 0 Å². The Morgan fingerprint density at radius 2 is 1.84 bits per heavy atom. The Kier molecular flexibility index (Phi) is 5.80. The van der Waals surface area contributed by atoms with Crippen molar-refractivity contribution in [3.8, 4) is 0 Å². The van der Waals surface area contributed by atoms with Gasteiger partial charge in [-0.05, 0) is 33.2 Å². The van der Waals surface area contributed by atoms with Gasteiger partial charge in [0, 0.05) is 19.5 Å². The van der Waals surface area contributed by atoms with Crippen LogP contribution in [-0.4, -0.2) is 49.4 Å². The van der Waals surface area contributed by atoms with E-state index in [-0.39, 0.29) is 11.7 Å². The first-order valence-corrected chi connectivity index (χ1v) is 8.65. The van der Waals surface area contributed by atoms with Crippen LogP contribution >= 0.6 is 0 Å². The van der Waals surface area contributed by atoms with Crippen molar-refractivity contribution in [2.24, 2.45) is 5.73 Å². The summed E-state index contributed by atoms with van der Waals surface area (Å²) in [6.45, 7) is 4.75. The average molecular weight is 290 g/mol. The second kappa shape index (κ2) is 6.70. The van der Waals surface area contributed by atoms with Gasteiger partial charge in [0.05, 0.1) is 10.5 Å². The van der Waals surface area contributed by atoms with Crippen LogP contribution in [0.15, 0.2) is 0 Å². The number of hydrogen-bond acceptors (Lipinski definition) is 4. The zero-order valence-electron chi connectivity index (χ0n) is 12.0. The van der Waals surface area contributed by atoms with E-state index in [0.717, 1.165) is 25.7 Å². The highest BCUT2D eigenvalue weighted by atomic mass is 32.2. The molecule has 112 valence electrons. The van der Waals surface area contributed by atoms with Crippen LogP contribution in [-0.2, 0) is 14.6 Å². The van der Waals surface area contributed by atoms with E-state index in [1.165, 1.54) is 0 Å². The number of hydrogen-bond donors (Lipinski definition) is 1. The average Bonchev–Trinajstić information content (AvgIpc) is 2.32. The zero-order valence-corrected chi connectivity index (χ0v) is 12.8. The molecular formula is C13H26N2O3S. The normalized spacial score (nSPS) is 21.3. The summed E-state index contributed by atoms with van der Waals surface area (Å²) in [7, 11) is -3.07. The lowest BCUT2D eigenvalue weighted by Gasteiger charge is -2.37. The lowest BCUT2D eigenvalue weighted by atomic mass is 10.1. The predicted molar refractivity (Wildman–Crippen MR) is 76.6 cm³/mol. The van der Waals surface area contributed by atoms with E-state index in [9.17, 15) is 13.2 Å². The third-order valence-corrected chi connectivity index (χ3v) is 6.27. The Bertz CT molecular complexity index is 404. The predicted octanol–water partition coefficient (Wildman–Crippen LogP) is 0.931. The minimum Gasteiger partial charge on any atom is -0.340 e. The molecule has 19 heavy (non-hydrogen) atoms. The summed E-state index contributed by atoms with van der Waals surface area (Å²) in [5.41, 5.74) is 5.41. The number of nitrogens with zero attached hydrogens (tertiary/aromatic N) is 1. The number of sulfone groups is 1. The van der Waals surface area contributed by atoms with Crippen LogP contribution in [0, 0.1) is 0 Å². The Hall–Kier alpha value is -0.620. The number of unbranched alkanes of at least 4 members (excludes halogenated alkanes) is 3. The van der Waals surface area contributed by atoms with Gasteiger partial charge in [-0.1, -0.05) is 12.8 Å². The third-order valence-electron chi connectivity index (χ3n) is 3.74. The molecule has 0 bridgehead atoms. The maximum absolute atomic E-state index is 12.0. The Balaban J connectivity index is 2.39. The van der Waals surface area contributed by atoms with Crippen molar-refractivity contribution in [1.82, 2.24) is 4.90 Å². The smallest absolute Gasteiger partial charge is 0.222 e. The summed E-state index contributed by atoms with van der Waals surface area (Å²) >= 11 is 0. The monoisotopic (exact) mass is 290 g/mol. The van der Waals surface area contributed by atoms with Crippen molar-refractivity contribution in [2.45, 2.75) is 50.7 Å². The molecule has 0 atom stereocenters. The van der Waals surface area contributed by atoms with Crippen molar-refractivity contribution in [3.05, 3.63) is 0 Å². The molecule has 0 radical (unpaired) electrons. The topological polar surface area (TPSA) is 80.5 Å². The van der Waals surface area contributed by atoms with Gasteiger partial charge in [0.2, 0.25) is 5.91 Å². The fourth-order valence-electron chi connectivity index (χ4n) is 2.29. The van der Waals surface area contributed by atoms with Gasteiger partial charge >= 0.3 is 0 Å². The van der Waals surface area contributed by atoms with Crippen LogP contribution in [0.25, 0.3) is 0 Å². The molecule has 0 spiro atoms. The fourth-order valence-corrected chi connectivity index (χ4v) is 3.65. The van der Waals surface area contributed by atoms with E-state index in [1.807, 2.05) is 0 Å². The molecule has 0 saturated carbocycles. The summed E-state index contributed by atoms with van der Waals surface area (Å²) < 4.78 is 22.9. The highest BCUT2D eigenvalue weighted by Crippen LogP contribution is 2.24. The van der Waals surface area contributed by atoms with Gasteiger partial charge in [-0.3, -0.25) is 4.79 Å².